The lowest BCUT2D eigenvalue weighted by molar-refractivity contribution is -0.207. The number of rotatable bonds is 9. The van der Waals surface area contributed by atoms with Gasteiger partial charge in [-0.25, -0.2) is 4.79 Å². The molecule has 9 atom stereocenters. The maximum atomic E-state index is 13.5. The highest BCUT2D eigenvalue weighted by molar-refractivity contribution is 5.86. The normalized spacial score (nSPS) is 37.2. The summed E-state index contributed by atoms with van der Waals surface area (Å²) in [6, 6.07) is 5.96. The first-order valence-electron chi connectivity index (χ1n) is 14.7. The second kappa shape index (κ2) is 11.9. The predicted molar refractivity (Wildman–Crippen MR) is 153 cm³/mol. The molecule has 0 aliphatic heterocycles. The molecule has 9 nitrogen and oxygen atoms in total. The lowest BCUT2D eigenvalue weighted by atomic mass is 9.44. The Hall–Kier alpha value is -2.75. The summed E-state index contributed by atoms with van der Waals surface area (Å²) >= 11 is 0. The zero-order valence-corrected chi connectivity index (χ0v) is 24.7. The fourth-order valence-electron chi connectivity index (χ4n) is 8.02. The molecule has 226 valence electrons. The number of carbonyl (C=O) groups excluding carboxylic acids is 3. The molecule has 1 aromatic rings. The van der Waals surface area contributed by atoms with Gasteiger partial charge in [0.15, 0.2) is 6.61 Å². The van der Waals surface area contributed by atoms with Crippen molar-refractivity contribution in [3.8, 4) is 5.75 Å². The first-order valence-corrected chi connectivity index (χ1v) is 14.7. The third-order valence-electron chi connectivity index (χ3n) is 10.9. The second-order valence-corrected chi connectivity index (χ2v) is 13.0. The summed E-state index contributed by atoms with van der Waals surface area (Å²) in [6.45, 7) is 11.6. The number of hydrogen-bond acceptors (Lipinski definition) is 8. The predicted octanol–water partition coefficient (Wildman–Crippen LogP) is 2.91. The number of nitrogens with one attached hydrogen (secondary N) is 1. The molecule has 0 aromatic heterocycles. The number of amides is 1. The Labute approximate surface area is 242 Å². The first kappa shape index (κ1) is 31.2. The van der Waals surface area contributed by atoms with Gasteiger partial charge in [-0.2, -0.15) is 0 Å². The topological polar surface area (TPSA) is 148 Å². The van der Waals surface area contributed by atoms with Gasteiger partial charge in [-0.1, -0.05) is 52.0 Å². The van der Waals surface area contributed by atoms with Gasteiger partial charge in [0.05, 0.1) is 12.7 Å². The Morgan fingerprint density at radius 1 is 1.24 bits per heavy atom. The van der Waals surface area contributed by atoms with E-state index in [0.29, 0.717) is 24.2 Å². The van der Waals surface area contributed by atoms with Gasteiger partial charge in [-0.05, 0) is 49.0 Å². The first-order chi connectivity index (χ1) is 19.3. The molecule has 2 bridgehead atoms. The van der Waals surface area contributed by atoms with E-state index in [1.54, 1.807) is 30.3 Å². The summed E-state index contributed by atoms with van der Waals surface area (Å²) in [5.41, 5.74) is 4.55. The third kappa shape index (κ3) is 5.44. The number of aliphatic hydroxyl groups is 2. The molecule has 0 saturated heterocycles. The van der Waals surface area contributed by atoms with E-state index < -0.39 is 47.6 Å². The van der Waals surface area contributed by atoms with E-state index in [1.165, 1.54) is 0 Å². The Kier molecular flexibility index (Phi) is 9.02. The summed E-state index contributed by atoms with van der Waals surface area (Å²) in [7, 11) is 0. The molecule has 3 saturated carbocycles. The van der Waals surface area contributed by atoms with E-state index in [9.17, 15) is 19.5 Å². The zero-order chi connectivity index (χ0) is 30.2. The van der Waals surface area contributed by atoms with Crippen molar-refractivity contribution in [3.63, 3.8) is 0 Å². The van der Waals surface area contributed by atoms with Gasteiger partial charge < -0.3 is 30.7 Å². The fourth-order valence-corrected chi connectivity index (χ4v) is 8.02. The Balaban J connectivity index is 1.57. The van der Waals surface area contributed by atoms with Gasteiger partial charge in [-0.15, -0.1) is 6.58 Å². The largest absolute Gasteiger partial charge is 0.482 e. The number of benzene rings is 1. The quantitative estimate of drug-likeness (QED) is 0.262. The second-order valence-electron chi connectivity index (χ2n) is 13.0. The van der Waals surface area contributed by atoms with Crippen LogP contribution in [0.2, 0.25) is 0 Å². The van der Waals surface area contributed by atoms with Gasteiger partial charge in [0.2, 0.25) is 5.91 Å². The van der Waals surface area contributed by atoms with Crippen LogP contribution in [0, 0.1) is 34.0 Å². The minimum atomic E-state index is -1.03. The van der Waals surface area contributed by atoms with Crippen LogP contribution < -0.4 is 15.8 Å². The summed E-state index contributed by atoms with van der Waals surface area (Å²) in [6.07, 6.45) is 3.75. The molecule has 9 heteroatoms. The molecule has 3 aliphatic rings. The van der Waals surface area contributed by atoms with Crippen LogP contribution in [-0.4, -0.2) is 59.3 Å². The average Bonchev–Trinajstić information content (AvgIpc) is 3.32. The van der Waals surface area contributed by atoms with Crippen molar-refractivity contribution in [2.24, 2.45) is 39.7 Å². The van der Waals surface area contributed by atoms with Crippen molar-refractivity contribution in [2.45, 2.75) is 84.6 Å². The SMILES string of the molecule is C=C[C@]1(C)C[C@@H](OC(=O)COc2ccccc2CNC(=O)[C@@H](N)CO)[C@]2(C)C(C)CCC3(CCC(=O)C32)[C@@H](C)[C@@H]1O. The molecule has 3 aliphatic carbocycles. The molecule has 1 amide bonds. The van der Waals surface area contributed by atoms with Gasteiger partial charge in [0, 0.05) is 35.3 Å². The third-order valence-corrected chi connectivity index (χ3v) is 10.9. The van der Waals surface area contributed by atoms with E-state index >= 15 is 0 Å². The molecule has 41 heavy (non-hydrogen) atoms. The molecular formula is C32H46N2O7. The average molecular weight is 571 g/mol. The van der Waals surface area contributed by atoms with E-state index in [-0.39, 0.29) is 42.1 Å². The number of Topliss-reactive ketones (excluding diaryl/α,β-unsaturated/α-hetero) is 1. The van der Waals surface area contributed by atoms with Crippen molar-refractivity contribution < 1.29 is 34.1 Å². The van der Waals surface area contributed by atoms with Crippen molar-refractivity contribution in [3.05, 3.63) is 42.5 Å². The summed E-state index contributed by atoms with van der Waals surface area (Å²) in [5, 5.41) is 23.4. The number of para-hydroxylation sites is 1. The van der Waals surface area contributed by atoms with Gasteiger partial charge >= 0.3 is 5.97 Å². The van der Waals surface area contributed by atoms with Crippen molar-refractivity contribution >= 4 is 17.7 Å². The van der Waals surface area contributed by atoms with Crippen LogP contribution in [0.3, 0.4) is 0 Å². The van der Waals surface area contributed by atoms with E-state index in [0.717, 1.165) is 19.3 Å². The molecule has 3 unspecified atom stereocenters. The smallest absolute Gasteiger partial charge is 0.344 e. The number of carbonyl (C=O) groups is 3. The zero-order valence-electron chi connectivity index (χ0n) is 24.7. The number of esters is 1. The minimum absolute atomic E-state index is 0.0994. The molecule has 0 radical (unpaired) electrons. The van der Waals surface area contributed by atoms with Gasteiger partial charge in [0.25, 0.3) is 0 Å². The number of ketones is 1. The van der Waals surface area contributed by atoms with Crippen LogP contribution >= 0.6 is 0 Å². The van der Waals surface area contributed by atoms with Gasteiger partial charge in [0.1, 0.15) is 23.7 Å². The fraction of sp³-hybridized carbons (Fsp3) is 0.656. The van der Waals surface area contributed by atoms with Gasteiger partial charge in [-0.3, -0.25) is 9.59 Å². The van der Waals surface area contributed by atoms with Crippen LogP contribution in [-0.2, 0) is 25.7 Å². The van der Waals surface area contributed by atoms with Crippen molar-refractivity contribution in [2.75, 3.05) is 13.2 Å². The van der Waals surface area contributed by atoms with Crippen LogP contribution in [0.15, 0.2) is 36.9 Å². The lowest BCUT2D eigenvalue weighted by Crippen LogP contribution is -2.63. The molecule has 3 fully saturated rings. The van der Waals surface area contributed by atoms with E-state index in [4.69, 9.17) is 20.3 Å². The van der Waals surface area contributed by atoms with E-state index in [2.05, 4.69) is 32.7 Å². The highest BCUT2D eigenvalue weighted by Gasteiger charge is 2.68. The Bertz CT molecular complexity index is 1170. The molecule has 1 aromatic carbocycles. The molecule has 5 N–H and O–H groups in total. The van der Waals surface area contributed by atoms with Crippen LogP contribution in [0.25, 0.3) is 0 Å². The van der Waals surface area contributed by atoms with Crippen LogP contribution in [0.4, 0.5) is 0 Å². The highest BCUT2D eigenvalue weighted by atomic mass is 16.6. The lowest BCUT2D eigenvalue weighted by Gasteiger charge is -2.61. The minimum Gasteiger partial charge on any atom is -0.482 e. The molecule has 0 heterocycles. The summed E-state index contributed by atoms with van der Waals surface area (Å²) in [5.74, 6) is -0.728. The number of aliphatic hydroxyl groups excluding tert-OH is 2. The number of ether oxygens (including phenoxy) is 2. The number of hydrogen-bond donors (Lipinski definition) is 4. The Morgan fingerprint density at radius 3 is 2.63 bits per heavy atom. The van der Waals surface area contributed by atoms with Crippen molar-refractivity contribution in [1.29, 1.82) is 0 Å². The van der Waals surface area contributed by atoms with Crippen LogP contribution in [0.1, 0.15) is 65.4 Å². The van der Waals surface area contributed by atoms with Crippen molar-refractivity contribution in [1.82, 2.24) is 5.32 Å². The standard InChI is InChI=1S/C32H46N2O7/c1-6-30(4)15-25(31(5)19(2)11-13-32(20(3)28(30)38)14-12-23(36)27(31)32)41-26(37)18-40-24-10-8-7-9-21(24)16-34-29(39)22(33)17-35/h6-10,19-20,22,25,27-28,35,38H,1,11-18,33H2,2-5H3,(H,34,39)/t19?,20-,22-,25+,27?,28-,30+,31-,32?/m0/s1. The Morgan fingerprint density at radius 2 is 1.95 bits per heavy atom. The van der Waals surface area contributed by atoms with E-state index in [1.807, 2.05) is 6.92 Å². The van der Waals surface area contributed by atoms with Crippen LogP contribution in [0.5, 0.6) is 5.75 Å². The maximum absolute atomic E-state index is 13.5. The molecule has 0 spiro atoms. The summed E-state index contributed by atoms with van der Waals surface area (Å²) < 4.78 is 12.1. The maximum Gasteiger partial charge on any atom is 0.344 e. The molecular weight excluding hydrogens is 524 g/mol. The highest BCUT2D eigenvalue weighted by Crippen LogP contribution is 2.68. The summed E-state index contributed by atoms with van der Waals surface area (Å²) in [4.78, 5) is 38.9. The molecule has 4 rings (SSSR count). The monoisotopic (exact) mass is 570 g/mol. The number of nitrogens with two attached hydrogens (primary N) is 1.